The van der Waals surface area contributed by atoms with E-state index in [1.54, 1.807) is 0 Å². The van der Waals surface area contributed by atoms with Crippen LogP contribution < -0.4 is 34.4 Å². The minimum Gasteiger partial charge on any atom is -0.388 e. The van der Waals surface area contributed by atoms with E-state index in [0.29, 0.717) is 75.6 Å². The second-order valence-corrected chi connectivity index (χ2v) is 11.3. The molecule has 0 aliphatic carbocycles. The van der Waals surface area contributed by atoms with Crippen molar-refractivity contribution < 1.29 is 8.78 Å². The lowest BCUT2D eigenvalue weighted by atomic mass is 9.99. The molecule has 0 saturated heterocycles. The van der Waals surface area contributed by atoms with E-state index in [1.165, 1.54) is 6.07 Å². The van der Waals surface area contributed by atoms with Crippen LogP contribution in [0.5, 0.6) is 0 Å². The minimum absolute atomic E-state index is 0.000598. The maximum Gasteiger partial charge on any atom is 0.185 e. The quantitative estimate of drug-likeness (QED) is 0.0741. The molecule has 12 heteroatoms. The van der Waals surface area contributed by atoms with Crippen LogP contribution in [0.4, 0.5) is 8.78 Å². The molecule has 48 heavy (non-hydrogen) atoms. The molecule has 3 aromatic rings. The number of nitrogens with zero attached hydrogens (tertiary/aromatic N) is 2. The second-order valence-electron chi connectivity index (χ2n) is 11.3. The zero-order valence-corrected chi connectivity index (χ0v) is 26.8. The predicted molar refractivity (Wildman–Crippen MR) is 190 cm³/mol. The Balaban J connectivity index is 1.93. The number of benzene rings is 3. The lowest BCUT2D eigenvalue weighted by Crippen LogP contribution is -2.23. The van der Waals surface area contributed by atoms with Gasteiger partial charge in [0.05, 0.1) is 22.8 Å². The maximum atomic E-state index is 14.9. The molecule has 0 heterocycles. The third kappa shape index (κ3) is 13.2. The molecule has 3 rings (SSSR count). The highest BCUT2D eigenvalue weighted by Gasteiger charge is 2.09. The first-order valence-electron chi connectivity index (χ1n) is 15.4. The number of halogens is 2. The van der Waals surface area contributed by atoms with Crippen LogP contribution in [0.3, 0.4) is 0 Å². The van der Waals surface area contributed by atoms with E-state index >= 15 is 0 Å². The smallest absolute Gasteiger partial charge is 0.185 e. The van der Waals surface area contributed by atoms with Crippen molar-refractivity contribution in [1.82, 2.24) is 0 Å². The number of guanidine groups is 2. The molecule has 250 valence electrons. The van der Waals surface area contributed by atoms with Gasteiger partial charge in [0.15, 0.2) is 11.9 Å². The Kier molecular flexibility index (Phi) is 14.0. The maximum absolute atomic E-state index is 14.9. The topological polar surface area (TPSA) is 229 Å². The van der Waals surface area contributed by atoms with Crippen LogP contribution in [-0.2, 0) is 25.7 Å². The summed E-state index contributed by atoms with van der Waals surface area (Å²) < 4.78 is 29.8. The summed E-state index contributed by atoms with van der Waals surface area (Å²) in [4.78, 5) is 8.08. The summed E-state index contributed by atoms with van der Waals surface area (Å²) in [5, 5.41) is 15.0. The van der Waals surface area contributed by atoms with Gasteiger partial charge in [-0.1, -0.05) is 35.8 Å². The van der Waals surface area contributed by atoms with E-state index in [1.807, 2.05) is 36.4 Å². The third-order valence-corrected chi connectivity index (χ3v) is 7.06. The molecule has 0 aromatic heterocycles. The van der Waals surface area contributed by atoms with Crippen LogP contribution in [0.25, 0.3) is 0 Å². The van der Waals surface area contributed by atoms with E-state index in [-0.39, 0.29) is 34.7 Å². The molecule has 0 fully saturated rings. The van der Waals surface area contributed by atoms with Gasteiger partial charge in [-0.3, -0.25) is 20.8 Å². The van der Waals surface area contributed by atoms with Crippen LogP contribution in [0.2, 0.25) is 0 Å². The normalized spacial score (nSPS) is 10.2. The van der Waals surface area contributed by atoms with Gasteiger partial charge < -0.3 is 34.4 Å². The average Bonchev–Trinajstić information content (AvgIpc) is 2.99. The van der Waals surface area contributed by atoms with Gasteiger partial charge in [-0.05, 0) is 91.1 Å². The SMILES string of the molecule is N=C(N)CCCc1cc(C#Cc2cc(C#Cc3cc(CCCC(=N)N)cc(CCN=C(N)N)c3)c(F)cc2F)cc(CCN=C(N)N)c1. The van der Waals surface area contributed by atoms with Crippen LogP contribution >= 0.6 is 0 Å². The summed E-state index contributed by atoms with van der Waals surface area (Å²) in [5.41, 5.74) is 38.0. The number of aliphatic imine (C=N–C) groups is 2. The highest BCUT2D eigenvalue weighted by Crippen LogP contribution is 2.18. The molecule has 0 aliphatic heterocycles. The molecular formula is C36H42F2N10. The van der Waals surface area contributed by atoms with Crippen molar-refractivity contribution in [1.29, 1.82) is 10.8 Å². The molecule has 0 saturated carbocycles. The predicted octanol–water partition coefficient (Wildman–Crippen LogP) is 2.91. The second kappa shape index (κ2) is 18.3. The van der Waals surface area contributed by atoms with E-state index in [2.05, 4.69) is 33.7 Å². The van der Waals surface area contributed by atoms with E-state index < -0.39 is 11.6 Å². The molecular weight excluding hydrogens is 610 g/mol. The first-order chi connectivity index (χ1) is 22.9. The highest BCUT2D eigenvalue weighted by molar-refractivity contribution is 5.77. The van der Waals surface area contributed by atoms with Gasteiger partial charge in [-0.25, -0.2) is 8.78 Å². The number of hydrogen-bond acceptors (Lipinski definition) is 4. The number of amidine groups is 2. The van der Waals surface area contributed by atoms with Crippen molar-refractivity contribution in [2.45, 2.75) is 51.4 Å². The molecule has 3 aromatic carbocycles. The summed E-state index contributed by atoms with van der Waals surface area (Å²) in [6.45, 7) is 0.777. The van der Waals surface area contributed by atoms with Gasteiger partial charge in [-0.15, -0.1) is 0 Å². The summed E-state index contributed by atoms with van der Waals surface area (Å²) in [5.74, 6) is 10.3. The first kappa shape index (κ1) is 36.6. The molecule has 0 bridgehead atoms. The molecule has 0 amide bonds. The minimum atomic E-state index is -0.800. The van der Waals surface area contributed by atoms with E-state index in [0.717, 1.165) is 28.3 Å². The number of nitrogens with two attached hydrogens (primary N) is 6. The van der Waals surface area contributed by atoms with Gasteiger partial charge in [-0.2, -0.15) is 0 Å². The molecule has 0 aliphatic rings. The van der Waals surface area contributed by atoms with Gasteiger partial charge in [0.25, 0.3) is 0 Å². The standard InChI is InChI=1S/C36H42F2N10/c37-31-22-32(38)30(10-8-26-16-24(4-2-6-34(41)42)18-28(20-26)12-14-48-36(45)46)21-29(31)9-7-25-15-23(3-1-5-33(39)40)17-27(19-25)11-13-47-35(43)44/h15-22H,1-6,11-14H2,(H3,39,40)(H3,41,42)(H4,43,44,47)(H4,45,46,48). The zero-order valence-electron chi connectivity index (χ0n) is 26.8. The lowest BCUT2D eigenvalue weighted by molar-refractivity contribution is 0.579. The van der Waals surface area contributed by atoms with Crippen molar-refractivity contribution in [3.05, 3.63) is 105 Å². The van der Waals surface area contributed by atoms with Gasteiger partial charge in [0, 0.05) is 43.1 Å². The molecule has 0 radical (unpaired) electrons. The fraction of sp³-hybridized carbons (Fsp3) is 0.278. The Bertz CT molecular complexity index is 1690. The number of aryl methyl sites for hydroxylation is 2. The Hall–Kier alpha value is -5.88. The van der Waals surface area contributed by atoms with Gasteiger partial charge >= 0.3 is 0 Å². The van der Waals surface area contributed by atoms with Gasteiger partial charge in [0.1, 0.15) is 11.6 Å². The lowest BCUT2D eigenvalue weighted by Gasteiger charge is -2.07. The Morgan fingerprint density at radius 2 is 0.896 bits per heavy atom. The monoisotopic (exact) mass is 652 g/mol. The highest BCUT2D eigenvalue weighted by atomic mass is 19.1. The molecule has 0 spiro atoms. The fourth-order valence-electron chi connectivity index (χ4n) is 4.86. The summed E-state index contributed by atoms with van der Waals surface area (Å²) in [7, 11) is 0. The van der Waals surface area contributed by atoms with Crippen molar-refractivity contribution >= 4 is 23.6 Å². The number of hydrogen-bond donors (Lipinski definition) is 8. The number of rotatable bonds is 14. The first-order valence-corrected chi connectivity index (χ1v) is 15.4. The largest absolute Gasteiger partial charge is 0.388 e. The van der Waals surface area contributed by atoms with Crippen LogP contribution in [0.15, 0.2) is 58.5 Å². The summed E-state index contributed by atoms with van der Waals surface area (Å²) in [6, 6.07) is 13.7. The summed E-state index contributed by atoms with van der Waals surface area (Å²) in [6.07, 6.45) is 4.77. The molecule has 10 nitrogen and oxygen atoms in total. The number of nitrogens with one attached hydrogen (secondary N) is 2. The zero-order chi connectivity index (χ0) is 35.1. The van der Waals surface area contributed by atoms with Crippen molar-refractivity contribution in [2.75, 3.05) is 13.1 Å². The fourth-order valence-corrected chi connectivity index (χ4v) is 4.86. The molecule has 14 N–H and O–H groups in total. The van der Waals surface area contributed by atoms with Gasteiger partial charge in [0.2, 0.25) is 0 Å². The Morgan fingerprint density at radius 1 is 0.521 bits per heavy atom. The van der Waals surface area contributed by atoms with Crippen molar-refractivity contribution in [2.24, 2.45) is 44.4 Å². The van der Waals surface area contributed by atoms with Crippen LogP contribution in [0, 0.1) is 46.1 Å². The summed E-state index contributed by atoms with van der Waals surface area (Å²) >= 11 is 0. The van der Waals surface area contributed by atoms with Crippen LogP contribution in [0.1, 0.15) is 70.2 Å². The van der Waals surface area contributed by atoms with Crippen LogP contribution in [-0.4, -0.2) is 36.7 Å². The Labute approximate surface area is 280 Å². The third-order valence-electron chi connectivity index (χ3n) is 7.06. The van der Waals surface area contributed by atoms with E-state index in [4.69, 9.17) is 45.2 Å². The van der Waals surface area contributed by atoms with Crippen molar-refractivity contribution in [3.8, 4) is 23.7 Å². The van der Waals surface area contributed by atoms with E-state index in [9.17, 15) is 8.78 Å². The Morgan fingerprint density at radius 3 is 1.25 bits per heavy atom. The van der Waals surface area contributed by atoms with Crippen molar-refractivity contribution in [3.63, 3.8) is 0 Å². The molecule has 0 unspecified atom stereocenters. The average molecular weight is 653 g/mol. The molecule has 0 atom stereocenters.